The maximum Gasteiger partial charge on any atom is 2.00 e. The van der Waals surface area contributed by atoms with Crippen LogP contribution in [0.25, 0.3) is 0 Å². The molecule has 0 rings (SSSR count). The number of aliphatic carboxylic acids is 2. The van der Waals surface area contributed by atoms with Crippen molar-refractivity contribution in [2.75, 3.05) is 0 Å². The summed E-state index contributed by atoms with van der Waals surface area (Å²) in [6.07, 6.45) is 0. The van der Waals surface area contributed by atoms with Gasteiger partial charge in [0.1, 0.15) is 0 Å². The van der Waals surface area contributed by atoms with Gasteiger partial charge in [0.05, 0.1) is 11.9 Å². The van der Waals surface area contributed by atoms with Crippen molar-refractivity contribution in [1.82, 2.24) is 0 Å². The molecule has 0 aliphatic rings. The molecule has 0 aromatic rings. The van der Waals surface area contributed by atoms with Gasteiger partial charge < -0.3 is 19.8 Å². The topological polar surface area (TPSA) is 97.3 Å². The normalized spacial score (nSPS) is 5.56. The summed E-state index contributed by atoms with van der Waals surface area (Å²) in [6.45, 7) is 0. The summed E-state index contributed by atoms with van der Waals surface area (Å²) in [5, 5.41) is 17.9. The second-order valence-corrected chi connectivity index (χ2v) is 0.575. The number of carbonyl (C=O) groups excluding carboxylic acids is 2. The predicted molar refractivity (Wildman–Crippen MR) is 16.5 cm³/mol. The van der Waals surface area contributed by atoms with E-state index in [1.54, 1.807) is 0 Å². The van der Waals surface area contributed by atoms with Crippen molar-refractivity contribution in [2.45, 2.75) is 0 Å². The smallest absolute Gasteiger partial charge is 2.00 e. The van der Waals surface area contributed by atoms with Crippen molar-refractivity contribution in [1.29, 1.82) is 0 Å². The number of hydrogen-bond donors (Lipinski definition) is 0. The Hall–Kier alpha value is 0.285. The summed E-state index contributed by atoms with van der Waals surface area (Å²) < 4.78 is 8.38. The third kappa shape index (κ3) is 17.8. The molecule has 44 valence electrons. The molecule has 0 unspecified atom stereocenters. The van der Waals surface area contributed by atoms with Crippen molar-refractivity contribution in [3.8, 4) is 0 Å². The zero-order valence-corrected chi connectivity index (χ0v) is 11.1. The molecule has 0 spiro atoms. The fourth-order valence-electron chi connectivity index (χ4n) is 0. The van der Waals surface area contributed by atoms with Gasteiger partial charge in [-0.25, -0.2) is 0 Å². The molecule has 0 aromatic heterocycles. The van der Waals surface area contributed by atoms with Gasteiger partial charge >= 0.3 is 49.1 Å². The second kappa shape index (κ2) is 11.1. The van der Waals surface area contributed by atoms with Gasteiger partial charge in [0.2, 0.25) is 0 Å². The first-order valence-electron chi connectivity index (χ1n) is 1.36. The molecule has 0 amide bonds. The van der Waals surface area contributed by atoms with Gasteiger partial charge in [-0.1, -0.05) is 0 Å². The van der Waals surface area contributed by atoms with Crippen LogP contribution in [0.2, 0.25) is 0 Å². The minimum absolute atomic E-state index is 0. The van der Waals surface area contributed by atoms with E-state index in [-0.39, 0.29) is 45.6 Å². The average Bonchev–Trinajstić information content (AvgIpc) is 1.72. The van der Waals surface area contributed by atoms with Gasteiger partial charge in [0.25, 0.3) is 0 Å². The van der Waals surface area contributed by atoms with Gasteiger partial charge in [-0.15, -0.1) is 0 Å². The Morgan fingerprint density at radius 1 is 1.00 bits per heavy atom. The van der Waals surface area contributed by atoms with Gasteiger partial charge in [-0.3, -0.25) is 0 Å². The number of carboxylic acids is 2. The molecule has 0 atom stereocenters. The molecule has 0 N–H and O–H groups in total. The van der Waals surface area contributed by atoms with Gasteiger partial charge in [-0.05, 0) is 0 Å². The molecule has 0 aliphatic heterocycles. The first-order chi connectivity index (χ1) is 3.64. The van der Waals surface area contributed by atoms with Crippen LogP contribution in [0.15, 0.2) is 0 Å². The van der Waals surface area contributed by atoms with Crippen molar-refractivity contribution < 1.29 is 41.6 Å². The van der Waals surface area contributed by atoms with Crippen LogP contribution < -0.4 is 10.2 Å². The summed E-state index contributed by atoms with van der Waals surface area (Å²) in [5.41, 5.74) is 0. The summed E-state index contributed by atoms with van der Waals surface area (Å²) in [6, 6.07) is 0. The molecule has 0 saturated heterocycles. The molecule has 7 heteroatoms. The molecule has 0 saturated carbocycles. The van der Waals surface area contributed by atoms with Crippen LogP contribution in [0.1, 0.15) is 0 Å². The van der Waals surface area contributed by atoms with E-state index >= 15 is 0 Å². The standard InChI is InChI=1S/C2H2O4.O.Pb.Zn/c3-1(4)2(5)6;;;/h(H,3,4)(H,5,6);;;/q;;+2;/p-2. The minimum Gasteiger partial charge on any atom is 2.00 e. The molecule has 9 heavy (non-hydrogen) atoms. The first-order valence-corrected chi connectivity index (χ1v) is 2.57. The van der Waals surface area contributed by atoms with E-state index in [0.29, 0.717) is 0 Å². The van der Waals surface area contributed by atoms with E-state index in [1.165, 1.54) is 0 Å². The number of carbonyl (C=O) groups is 2. The van der Waals surface area contributed by atoms with E-state index in [1.807, 2.05) is 0 Å². The van der Waals surface area contributed by atoms with Crippen molar-refractivity contribution >= 4 is 39.2 Å². The molecular formula is C2O5PbZn. The van der Waals surface area contributed by atoms with Crippen LogP contribution in [0.5, 0.6) is 0 Å². The number of carboxylic acid groups (broad SMARTS) is 2. The maximum absolute atomic E-state index is 8.93. The first kappa shape index (κ1) is 16.1. The van der Waals surface area contributed by atoms with E-state index in [9.17, 15) is 0 Å². The summed E-state index contributed by atoms with van der Waals surface area (Å²) in [7, 11) is 0. The van der Waals surface area contributed by atoms with Crippen molar-refractivity contribution in [2.24, 2.45) is 0 Å². The van der Waals surface area contributed by atoms with Crippen molar-refractivity contribution in [3.63, 3.8) is 0 Å². The largest absolute Gasteiger partial charge is 2.00 e. The summed E-state index contributed by atoms with van der Waals surface area (Å²) in [5.74, 6) is -4.37. The minimum atomic E-state index is -2.19. The zero-order valence-electron chi connectivity index (χ0n) is 4.25. The third-order valence-corrected chi connectivity index (χ3v) is 0.167. The van der Waals surface area contributed by atoms with Crippen LogP contribution in [0.4, 0.5) is 0 Å². The number of rotatable bonds is 0. The molecule has 0 bridgehead atoms. The quantitative estimate of drug-likeness (QED) is 0.317. The molecule has 5 nitrogen and oxygen atoms in total. The Morgan fingerprint density at radius 2 is 1.11 bits per heavy atom. The molecule has 0 aromatic carbocycles. The van der Waals surface area contributed by atoms with E-state index < -0.39 is 11.9 Å². The molecule has 0 heterocycles. The Kier molecular flexibility index (Phi) is 20.0. The average molecular weight is 377 g/mol. The van der Waals surface area contributed by atoms with Crippen LogP contribution in [0.3, 0.4) is 0 Å². The van der Waals surface area contributed by atoms with Crippen LogP contribution in [0, 0.1) is 0 Å². The predicted octanol–water partition coefficient (Wildman–Crippen LogP) is -4.02. The van der Waals surface area contributed by atoms with Crippen LogP contribution >= 0.6 is 0 Å². The Bertz CT molecular complexity index is 91.1. The Morgan fingerprint density at radius 3 is 1.11 bits per heavy atom. The molecule has 2 radical (unpaired) electrons. The van der Waals surface area contributed by atoms with E-state index in [0.717, 1.165) is 0 Å². The van der Waals surface area contributed by atoms with Crippen molar-refractivity contribution in [3.05, 3.63) is 0 Å². The van der Waals surface area contributed by atoms with Crippen LogP contribution in [-0.2, 0) is 31.4 Å². The Labute approximate surface area is 80.5 Å². The second-order valence-electron chi connectivity index (χ2n) is 0.575. The van der Waals surface area contributed by atoms with Crippen LogP contribution in [-0.4, -0.2) is 39.2 Å². The fraction of sp³-hybridized carbons (Fsp3) is 0. The molecule has 0 fully saturated rings. The van der Waals surface area contributed by atoms with Gasteiger partial charge in [-0.2, -0.15) is 0 Å². The Balaban J connectivity index is -0.000000109. The SMILES string of the molecule is O=C([O-])C(=O)[O-].[O]=[Zn].[Pb+2]. The monoisotopic (exact) mass is 376 g/mol. The molecular weight excluding hydrogens is 377 g/mol. The van der Waals surface area contributed by atoms with Gasteiger partial charge in [0, 0.05) is 0 Å². The summed E-state index contributed by atoms with van der Waals surface area (Å²) >= 11 is 0.125. The third-order valence-electron chi connectivity index (χ3n) is 0.167. The molecule has 0 aliphatic carbocycles. The zero-order chi connectivity index (χ0) is 7.15. The number of hydrogen-bond acceptors (Lipinski definition) is 5. The van der Waals surface area contributed by atoms with E-state index in [2.05, 4.69) is 0 Å². The van der Waals surface area contributed by atoms with Gasteiger partial charge in [0.15, 0.2) is 0 Å². The summed E-state index contributed by atoms with van der Waals surface area (Å²) in [4.78, 5) is 17.9. The fourth-order valence-corrected chi connectivity index (χ4v) is 0. The maximum atomic E-state index is 8.93. The van der Waals surface area contributed by atoms with E-state index in [4.69, 9.17) is 23.4 Å².